The summed E-state index contributed by atoms with van der Waals surface area (Å²) in [4.78, 5) is 36.8. The number of carbonyl (C=O) groups excluding carboxylic acids is 3. The minimum Gasteiger partial charge on any atom is -0.455 e. The number of anilines is 1. The van der Waals surface area contributed by atoms with E-state index >= 15 is 0 Å². The molecule has 6 nitrogen and oxygen atoms in total. The van der Waals surface area contributed by atoms with Crippen LogP contribution in [0.1, 0.15) is 18.9 Å². The van der Waals surface area contributed by atoms with Crippen LogP contribution in [0.4, 0.5) is 18.9 Å². The number of halogens is 3. The molecule has 1 N–H and O–H groups in total. The van der Waals surface area contributed by atoms with Gasteiger partial charge >= 0.3 is 12.1 Å². The van der Waals surface area contributed by atoms with E-state index in [0.717, 1.165) is 12.0 Å². The van der Waals surface area contributed by atoms with Crippen LogP contribution in [-0.2, 0) is 25.5 Å². The van der Waals surface area contributed by atoms with Crippen LogP contribution in [0.5, 0.6) is 0 Å². The first-order valence-corrected chi connectivity index (χ1v) is 8.09. The molecule has 26 heavy (non-hydrogen) atoms. The summed E-state index contributed by atoms with van der Waals surface area (Å²) in [6.07, 6.45) is -3.75. The van der Waals surface area contributed by atoms with Gasteiger partial charge in [0.1, 0.15) is 6.54 Å². The van der Waals surface area contributed by atoms with E-state index in [4.69, 9.17) is 4.74 Å². The molecule has 1 aromatic rings. The Balaban J connectivity index is 1.85. The normalized spacial score (nSPS) is 17.3. The van der Waals surface area contributed by atoms with Gasteiger partial charge in [-0.2, -0.15) is 13.2 Å². The van der Waals surface area contributed by atoms with Gasteiger partial charge in [-0.1, -0.05) is 19.1 Å². The van der Waals surface area contributed by atoms with E-state index in [9.17, 15) is 27.6 Å². The maximum absolute atomic E-state index is 12.1. The Kier molecular flexibility index (Phi) is 6.23. The number of hydrogen-bond donors (Lipinski definition) is 1. The second kappa shape index (κ2) is 8.20. The molecule has 1 heterocycles. The lowest BCUT2D eigenvalue weighted by Crippen LogP contribution is -2.37. The minimum absolute atomic E-state index is 0.0709. The Hall–Kier alpha value is -2.58. The van der Waals surface area contributed by atoms with Crippen molar-refractivity contribution in [3.05, 3.63) is 29.8 Å². The van der Waals surface area contributed by atoms with E-state index in [-0.39, 0.29) is 18.9 Å². The van der Waals surface area contributed by atoms with Crippen molar-refractivity contribution in [2.75, 3.05) is 24.6 Å². The number of benzene rings is 1. The molecule has 0 aliphatic carbocycles. The van der Waals surface area contributed by atoms with Crippen LogP contribution in [0.3, 0.4) is 0 Å². The fourth-order valence-corrected chi connectivity index (χ4v) is 2.53. The number of ether oxygens (including phenoxy) is 1. The van der Waals surface area contributed by atoms with E-state index in [1.54, 1.807) is 17.4 Å². The Morgan fingerprint density at radius 1 is 1.27 bits per heavy atom. The SMILES string of the molecule is CCc1ccc(N2C[C@@H](C(=O)OCC(=O)NCC(F)(F)F)CC2=O)cc1. The molecular formula is C17H19F3N2O4. The number of hydrogen-bond acceptors (Lipinski definition) is 4. The van der Waals surface area contributed by atoms with Gasteiger partial charge in [0.25, 0.3) is 5.91 Å². The zero-order chi connectivity index (χ0) is 19.3. The minimum atomic E-state index is -4.54. The predicted octanol–water partition coefficient (Wildman–Crippen LogP) is 1.82. The highest BCUT2D eigenvalue weighted by Gasteiger charge is 2.36. The fraction of sp³-hybridized carbons (Fsp3) is 0.471. The van der Waals surface area contributed by atoms with E-state index in [0.29, 0.717) is 5.69 Å². The summed E-state index contributed by atoms with van der Waals surface area (Å²) < 4.78 is 40.7. The maximum atomic E-state index is 12.1. The summed E-state index contributed by atoms with van der Waals surface area (Å²) in [7, 11) is 0. The van der Waals surface area contributed by atoms with Crippen molar-refractivity contribution in [1.82, 2.24) is 5.32 Å². The number of esters is 1. The zero-order valence-electron chi connectivity index (χ0n) is 14.1. The lowest BCUT2D eigenvalue weighted by Gasteiger charge is -2.17. The molecule has 1 aliphatic heterocycles. The smallest absolute Gasteiger partial charge is 0.405 e. The molecule has 1 fully saturated rings. The number of carbonyl (C=O) groups is 3. The van der Waals surface area contributed by atoms with Crippen LogP contribution in [-0.4, -0.2) is 43.7 Å². The molecule has 1 saturated heterocycles. The monoisotopic (exact) mass is 372 g/mol. The lowest BCUT2D eigenvalue weighted by atomic mass is 10.1. The van der Waals surface area contributed by atoms with Crippen LogP contribution < -0.4 is 10.2 Å². The van der Waals surface area contributed by atoms with Crippen molar-refractivity contribution < 1.29 is 32.3 Å². The van der Waals surface area contributed by atoms with Crippen molar-refractivity contribution in [2.24, 2.45) is 5.92 Å². The van der Waals surface area contributed by atoms with Crippen LogP contribution in [0, 0.1) is 5.92 Å². The molecule has 1 aliphatic rings. The van der Waals surface area contributed by atoms with Crippen LogP contribution in [0.15, 0.2) is 24.3 Å². The Bertz CT molecular complexity index is 674. The molecule has 1 atom stereocenters. The topological polar surface area (TPSA) is 75.7 Å². The number of nitrogens with one attached hydrogen (secondary N) is 1. The third-order valence-electron chi connectivity index (χ3n) is 3.95. The average molecular weight is 372 g/mol. The first-order chi connectivity index (χ1) is 12.2. The summed E-state index contributed by atoms with van der Waals surface area (Å²) in [5.74, 6) is -2.85. The summed E-state index contributed by atoms with van der Waals surface area (Å²) >= 11 is 0. The van der Waals surface area contributed by atoms with Crippen LogP contribution in [0.25, 0.3) is 0 Å². The van der Waals surface area contributed by atoms with Gasteiger partial charge in [-0.15, -0.1) is 0 Å². The number of nitrogens with zero attached hydrogens (tertiary/aromatic N) is 1. The molecule has 9 heteroatoms. The van der Waals surface area contributed by atoms with E-state index in [1.165, 1.54) is 4.90 Å². The molecular weight excluding hydrogens is 353 g/mol. The van der Waals surface area contributed by atoms with Gasteiger partial charge in [-0.05, 0) is 24.1 Å². The van der Waals surface area contributed by atoms with Gasteiger partial charge in [-0.25, -0.2) is 0 Å². The predicted molar refractivity (Wildman–Crippen MR) is 86.3 cm³/mol. The molecule has 0 aromatic heterocycles. The van der Waals surface area contributed by atoms with Gasteiger partial charge in [0, 0.05) is 18.7 Å². The van der Waals surface area contributed by atoms with Gasteiger partial charge in [0.2, 0.25) is 5.91 Å². The highest BCUT2D eigenvalue weighted by molar-refractivity contribution is 5.99. The summed E-state index contributed by atoms with van der Waals surface area (Å²) in [5.41, 5.74) is 1.77. The highest BCUT2D eigenvalue weighted by atomic mass is 19.4. The van der Waals surface area contributed by atoms with E-state index in [1.807, 2.05) is 19.1 Å². The number of rotatable bonds is 6. The van der Waals surface area contributed by atoms with Gasteiger partial charge < -0.3 is 15.0 Å². The van der Waals surface area contributed by atoms with Crippen molar-refractivity contribution in [3.63, 3.8) is 0 Å². The van der Waals surface area contributed by atoms with Gasteiger partial charge in [0.05, 0.1) is 5.92 Å². The standard InChI is InChI=1S/C17H19F3N2O4/c1-2-11-3-5-13(6-4-11)22-8-12(7-15(22)24)16(25)26-9-14(23)21-10-17(18,19)20/h3-6,12H,2,7-10H2,1H3,(H,21,23)/t12-/m0/s1. The molecule has 0 saturated carbocycles. The largest absolute Gasteiger partial charge is 0.455 e. The van der Waals surface area contributed by atoms with E-state index in [2.05, 4.69) is 0 Å². The highest BCUT2D eigenvalue weighted by Crippen LogP contribution is 2.26. The molecule has 142 valence electrons. The molecule has 0 bridgehead atoms. The molecule has 0 radical (unpaired) electrons. The average Bonchev–Trinajstić information content (AvgIpc) is 2.99. The van der Waals surface area contributed by atoms with Gasteiger partial charge in [0.15, 0.2) is 6.61 Å². The second-order valence-electron chi connectivity index (χ2n) is 5.93. The summed E-state index contributed by atoms with van der Waals surface area (Å²) in [6.45, 7) is -0.197. The quantitative estimate of drug-likeness (QED) is 0.773. The Labute approximate surface area is 148 Å². The Morgan fingerprint density at radius 3 is 2.50 bits per heavy atom. The summed E-state index contributed by atoms with van der Waals surface area (Å²) in [5, 5.41) is 1.60. The first-order valence-electron chi connectivity index (χ1n) is 8.09. The Morgan fingerprint density at radius 2 is 1.92 bits per heavy atom. The fourth-order valence-electron chi connectivity index (χ4n) is 2.53. The van der Waals surface area contributed by atoms with Crippen molar-refractivity contribution in [1.29, 1.82) is 0 Å². The molecule has 1 aromatic carbocycles. The number of alkyl halides is 3. The van der Waals surface area contributed by atoms with Crippen LogP contribution >= 0.6 is 0 Å². The van der Waals surface area contributed by atoms with Crippen molar-refractivity contribution in [2.45, 2.75) is 25.9 Å². The molecule has 2 rings (SSSR count). The summed E-state index contributed by atoms with van der Waals surface area (Å²) in [6, 6.07) is 7.35. The maximum Gasteiger partial charge on any atom is 0.405 e. The van der Waals surface area contributed by atoms with Crippen molar-refractivity contribution in [3.8, 4) is 0 Å². The van der Waals surface area contributed by atoms with E-state index < -0.39 is 37.1 Å². The number of amides is 2. The molecule has 0 unspecified atom stereocenters. The lowest BCUT2D eigenvalue weighted by molar-refractivity contribution is -0.154. The number of aryl methyl sites for hydroxylation is 1. The third-order valence-corrected chi connectivity index (χ3v) is 3.95. The zero-order valence-corrected chi connectivity index (χ0v) is 14.1. The first kappa shape index (κ1) is 19.7. The van der Waals surface area contributed by atoms with Crippen LogP contribution in [0.2, 0.25) is 0 Å². The molecule has 2 amide bonds. The van der Waals surface area contributed by atoms with Crippen molar-refractivity contribution >= 4 is 23.5 Å². The second-order valence-corrected chi connectivity index (χ2v) is 5.93. The molecule has 0 spiro atoms. The van der Waals surface area contributed by atoms with Gasteiger partial charge in [-0.3, -0.25) is 14.4 Å². The third kappa shape index (κ3) is 5.47.